The quantitative estimate of drug-likeness (QED) is 0.448. The molecule has 0 spiro atoms. The van der Waals surface area contributed by atoms with E-state index in [0.29, 0.717) is 13.2 Å². The van der Waals surface area contributed by atoms with Crippen molar-refractivity contribution in [2.45, 2.75) is 0 Å². The predicted octanol–water partition coefficient (Wildman–Crippen LogP) is -0.238. The lowest BCUT2D eigenvalue weighted by Crippen LogP contribution is -1.88. The highest BCUT2D eigenvalue weighted by molar-refractivity contribution is 5.61. The van der Waals surface area contributed by atoms with Gasteiger partial charge in [0.05, 0.1) is 0 Å². The summed E-state index contributed by atoms with van der Waals surface area (Å²) in [7, 11) is 1.00. The second-order valence-electron chi connectivity index (χ2n) is 0.947. The molecule has 1 aliphatic heterocycles. The average molecular weight is 120 g/mol. The van der Waals surface area contributed by atoms with Gasteiger partial charge in [-0.05, 0) is 0 Å². The Labute approximate surface area is 47.0 Å². The monoisotopic (exact) mass is 120 g/mol. The van der Waals surface area contributed by atoms with Gasteiger partial charge < -0.3 is 14.6 Å². The summed E-state index contributed by atoms with van der Waals surface area (Å²) in [4.78, 5) is 9.80. The molecule has 1 rings (SSSR count). The van der Waals surface area contributed by atoms with Gasteiger partial charge in [0.25, 0.3) is 0 Å². The molecule has 0 aromatic heterocycles. The first-order chi connectivity index (χ1) is 3.89. The summed E-state index contributed by atoms with van der Waals surface area (Å²) < 4.78 is 8.58. The molecule has 8 heavy (non-hydrogen) atoms. The van der Waals surface area contributed by atoms with Crippen molar-refractivity contribution in [1.29, 1.82) is 0 Å². The summed E-state index contributed by atoms with van der Waals surface area (Å²) in [6, 6.07) is 0. The van der Waals surface area contributed by atoms with Crippen LogP contribution in [-0.2, 0) is 9.47 Å². The highest BCUT2D eigenvalue weighted by atomic mass is 16.8. The Kier molecular flexibility index (Phi) is 3.97. The molecule has 0 atom stereocenters. The number of rotatable bonds is 0. The highest BCUT2D eigenvalue weighted by Gasteiger charge is 2.09. The number of carbonyl (C=O) groups is 1. The molecule has 0 unspecified atom stereocenters. The molecule has 1 fully saturated rings. The van der Waals surface area contributed by atoms with E-state index in [2.05, 4.69) is 9.47 Å². The van der Waals surface area contributed by atoms with Crippen molar-refractivity contribution in [2.75, 3.05) is 20.3 Å². The van der Waals surface area contributed by atoms with E-state index >= 15 is 0 Å². The minimum atomic E-state index is -0.546. The molecule has 1 heterocycles. The Bertz CT molecular complexity index is 62.4. The summed E-state index contributed by atoms with van der Waals surface area (Å²) in [5.74, 6) is 0. The van der Waals surface area contributed by atoms with Crippen molar-refractivity contribution in [3.05, 3.63) is 0 Å². The van der Waals surface area contributed by atoms with E-state index < -0.39 is 6.16 Å². The second kappa shape index (κ2) is 4.39. The molecule has 4 heteroatoms. The lowest BCUT2D eigenvalue weighted by atomic mass is 10.8. The maximum atomic E-state index is 9.80. The first-order valence-electron chi connectivity index (χ1n) is 2.14. The fourth-order valence-corrected chi connectivity index (χ4v) is 0.292. The molecule has 1 N–H and O–H groups in total. The molecule has 0 amide bonds. The predicted molar refractivity (Wildman–Crippen MR) is 25.4 cm³/mol. The Morgan fingerprint density at radius 2 is 1.75 bits per heavy atom. The minimum absolute atomic E-state index is 0.416. The number of carbonyl (C=O) groups excluding carboxylic acids is 1. The van der Waals surface area contributed by atoms with E-state index in [4.69, 9.17) is 5.11 Å². The van der Waals surface area contributed by atoms with E-state index in [1.807, 2.05) is 0 Å². The third-order valence-corrected chi connectivity index (χ3v) is 0.523. The van der Waals surface area contributed by atoms with Gasteiger partial charge in [0.2, 0.25) is 0 Å². The number of ether oxygens (including phenoxy) is 2. The lowest BCUT2D eigenvalue weighted by molar-refractivity contribution is 0.131. The number of hydrogen-bond donors (Lipinski definition) is 1. The molecule has 1 aliphatic rings. The fourth-order valence-electron chi connectivity index (χ4n) is 0.292. The zero-order chi connectivity index (χ0) is 6.41. The summed E-state index contributed by atoms with van der Waals surface area (Å²) in [6.45, 7) is 0.831. The normalized spacial score (nSPS) is 15.5. The molecule has 0 aromatic rings. The molecule has 1 saturated heterocycles. The Balaban J connectivity index is 0.000000222. The molecule has 0 aliphatic carbocycles. The van der Waals surface area contributed by atoms with Crippen LogP contribution in [0.1, 0.15) is 0 Å². The van der Waals surface area contributed by atoms with Crippen LogP contribution < -0.4 is 0 Å². The SMILES string of the molecule is CO.O=C1OCCO1. The number of aliphatic hydroxyl groups excluding tert-OH is 1. The number of cyclic esters (lactones) is 2. The molecule has 0 aromatic carbocycles. The standard InChI is InChI=1S/C3H4O3.CH4O/c4-3-5-1-2-6-3;1-2/h1-2H2;2H,1H3. The topological polar surface area (TPSA) is 55.8 Å². The zero-order valence-corrected chi connectivity index (χ0v) is 4.59. The van der Waals surface area contributed by atoms with Gasteiger partial charge in [-0.25, -0.2) is 4.79 Å². The van der Waals surface area contributed by atoms with E-state index in [0.717, 1.165) is 7.11 Å². The molecular weight excluding hydrogens is 112 g/mol. The second-order valence-corrected chi connectivity index (χ2v) is 0.947. The van der Waals surface area contributed by atoms with Crippen LogP contribution in [0.2, 0.25) is 0 Å². The van der Waals surface area contributed by atoms with Crippen molar-refractivity contribution >= 4 is 6.16 Å². The first kappa shape index (κ1) is 7.23. The van der Waals surface area contributed by atoms with E-state index in [1.165, 1.54) is 0 Å². The first-order valence-corrected chi connectivity index (χ1v) is 2.14. The Morgan fingerprint density at radius 1 is 1.38 bits per heavy atom. The maximum Gasteiger partial charge on any atom is 0.508 e. The van der Waals surface area contributed by atoms with Crippen LogP contribution in [0, 0.1) is 0 Å². The van der Waals surface area contributed by atoms with Gasteiger partial charge in [0, 0.05) is 7.11 Å². The Morgan fingerprint density at radius 3 is 1.88 bits per heavy atom. The van der Waals surface area contributed by atoms with Gasteiger partial charge in [-0.2, -0.15) is 0 Å². The summed E-state index contributed by atoms with van der Waals surface area (Å²) in [5.41, 5.74) is 0. The molecule has 0 bridgehead atoms. The lowest BCUT2D eigenvalue weighted by Gasteiger charge is -1.78. The van der Waals surface area contributed by atoms with Crippen molar-refractivity contribution in [3.63, 3.8) is 0 Å². The van der Waals surface area contributed by atoms with Crippen molar-refractivity contribution in [1.82, 2.24) is 0 Å². The highest BCUT2D eigenvalue weighted by Crippen LogP contribution is 1.92. The van der Waals surface area contributed by atoms with Crippen LogP contribution in [0.15, 0.2) is 0 Å². The number of hydrogen-bond acceptors (Lipinski definition) is 4. The summed E-state index contributed by atoms with van der Waals surface area (Å²) in [5, 5.41) is 7.00. The molecule has 4 nitrogen and oxygen atoms in total. The van der Waals surface area contributed by atoms with E-state index in [1.54, 1.807) is 0 Å². The van der Waals surface area contributed by atoms with Gasteiger partial charge in [-0.1, -0.05) is 0 Å². The molecule has 48 valence electrons. The zero-order valence-electron chi connectivity index (χ0n) is 4.59. The van der Waals surface area contributed by atoms with Gasteiger partial charge in [0.1, 0.15) is 13.2 Å². The minimum Gasteiger partial charge on any atom is -0.431 e. The third-order valence-electron chi connectivity index (χ3n) is 0.523. The number of aliphatic hydroxyl groups is 1. The maximum absolute atomic E-state index is 9.80. The van der Waals surface area contributed by atoms with E-state index in [9.17, 15) is 4.79 Å². The van der Waals surface area contributed by atoms with Crippen LogP contribution in [0.5, 0.6) is 0 Å². The van der Waals surface area contributed by atoms with Crippen molar-refractivity contribution in [2.24, 2.45) is 0 Å². The van der Waals surface area contributed by atoms with E-state index in [-0.39, 0.29) is 0 Å². The summed E-state index contributed by atoms with van der Waals surface area (Å²) in [6.07, 6.45) is -0.546. The molecular formula is C4H8O4. The van der Waals surface area contributed by atoms with Crippen LogP contribution in [0.3, 0.4) is 0 Å². The Hall–Kier alpha value is -0.770. The van der Waals surface area contributed by atoms with Crippen LogP contribution in [0.4, 0.5) is 4.79 Å². The third kappa shape index (κ3) is 2.41. The largest absolute Gasteiger partial charge is 0.508 e. The molecule has 0 saturated carbocycles. The van der Waals surface area contributed by atoms with Crippen molar-refractivity contribution in [3.8, 4) is 0 Å². The van der Waals surface area contributed by atoms with Crippen LogP contribution in [0.25, 0.3) is 0 Å². The summed E-state index contributed by atoms with van der Waals surface area (Å²) >= 11 is 0. The van der Waals surface area contributed by atoms with Gasteiger partial charge in [0.15, 0.2) is 0 Å². The molecule has 0 radical (unpaired) electrons. The van der Waals surface area contributed by atoms with Gasteiger partial charge in [-0.15, -0.1) is 0 Å². The van der Waals surface area contributed by atoms with Crippen molar-refractivity contribution < 1.29 is 19.4 Å². The van der Waals surface area contributed by atoms with Gasteiger partial charge >= 0.3 is 6.16 Å². The smallest absolute Gasteiger partial charge is 0.431 e. The average Bonchev–Trinajstić information content (AvgIpc) is 2.24. The fraction of sp³-hybridized carbons (Fsp3) is 0.750. The van der Waals surface area contributed by atoms with Crippen LogP contribution >= 0.6 is 0 Å². The van der Waals surface area contributed by atoms with Crippen LogP contribution in [-0.4, -0.2) is 31.6 Å². The van der Waals surface area contributed by atoms with Gasteiger partial charge in [-0.3, -0.25) is 0 Å².